The van der Waals surface area contributed by atoms with Crippen LogP contribution in [0.5, 0.6) is 0 Å². The highest BCUT2D eigenvalue weighted by atomic mass is 15.1. The number of anilines is 3. The van der Waals surface area contributed by atoms with E-state index in [9.17, 15) is 0 Å². The normalized spacial score (nSPS) is 11.1. The van der Waals surface area contributed by atoms with Gasteiger partial charge in [-0.1, -0.05) is 54.6 Å². The van der Waals surface area contributed by atoms with Gasteiger partial charge in [0.1, 0.15) is 0 Å². The molecule has 0 aliphatic carbocycles. The van der Waals surface area contributed by atoms with E-state index in [1.54, 1.807) is 0 Å². The van der Waals surface area contributed by atoms with Crippen molar-refractivity contribution >= 4 is 27.8 Å². The molecule has 3 heteroatoms. The van der Waals surface area contributed by atoms with Gasteiger partial charge >= 0.3 is 0 Å². The monoisotopic (exact) mass is 451 g/mol. The molecule has 0 atom stereocenters. The molecule has 0 saturated carbocycles. The molecule has 0 bridgehead atoms. The Balaban J connectivity index is 1.92. The average Bonchev–Trinajstić information content (AvgIpc) is 2.86. The van der Waals surface area contributed by atoms with Crippen LogP contribution in [0.2, 0.25) is 0 Å². The Morgan fingerprint density at radius 3 is 1.47 bits per heavy atom. The molecule has 4 rings (SSSR count). The first-order valence-electron chi connectivity index (χ1n) is 12.3. The molecule has 176 valence electrons. The predicted octanol–water partition coefficient (Wildman–Crippen LogP) is 7.00. The Morgan fingerprint density at radius 2 is 1.03 bits per heavy atom. The van der Waals surface area contributed by atoms with Gasteiger partial charge < -0.3 is 14.7 Å². The lowest BCUT2D eigenvalue weighted by Gasteiger charge is -2.27. The van der Waals surface area contributed by atoms with E-state index in [1.165, 1.54) is 44.5 Å². The summed E-state index contributed by atoms with van der Waals surface area (Å²) in [5, 5.41) is 2.65. The van der Waals surface area contributed by atoms with Gasteiger partial charge in [0.05, 0.1) is 0 Å². The second-order valence-corrected chi connectivity index (χ2v) is 9.30. The van der Waals surface area contributed by atoms with Gasteiger partial charge in [0.15, 0.2) is 0 Å². The molecule has 0 aliphatic heterocycles. The standard InChI is InChI=1S/C31H37N3/c1-7-34(8-2)30-22-21-29(27-11-9-10-12-28(27)30)31(23-13-17-25(18-14-23)32(3)4)24-15-19-26(20-16-24)33(5)6/h9-22,31H,7-8H2,1-6H3. The molecule has 4 aromatic carbocycles. The van der Waals surface area contributed by atoms with Gasteiger partial charge in [-0.05, 0) is 66.3 Å². The van der Waals surface area contributed by atoms with Gasteiger partial charge in [0.2, 0.25) is 0 Å². The molecule has 34 heavy (non-hydrogen) atoms. The summed E-state index contributed by atoms with van der Waals surface area (Å²) in [5.41, 5.74) is 7.71. The smallest absolute Gasteiger partial charge is 0.0445 e. The van der Waals surface area contributed by atoms with Crippen molar-refractivity contribution in [1.29, 1.82) is 0 Å². The molecule has 0 N–H and O–H groups in total. The van der Waals surface area contributed by atoms with Crippen molar-refractivity contribution in [1.82, 2.24) is 0 Å². The summed E-state index contributed by atoms with van der Waals surface area (Å²) >= 11 is 0. The van der Waals surface area contributed by atoms with Crippen molar-refractivity contribution in [3.05, 3.63) is 102 Å². The molecule has 0 unspecified atom stereocenters. The number of fused-ring (bicyclic) bond motifs is 1. The van der Waals surface area contributed by atoms with Crippen LogP contribution >= 0.6 is 0 Å². The van der Waals surface area contributed by atoms with E-state index in [4.69, 9.17) is 0 Å². The summed E-state index contributed by atoms with van der Waals surface area (Å²) in [5.74, 6) is 0.156. The third-order valence-corrected chi connectivity index (χ3v) is 6.84. The first-order chi connectivity index (χ1) is 16.4. The van der Waals surface area contributed by atoms with Gasteiger partial charge in [-0.25, -0.2) is 0 Å². The quantitative estimate of drug-likeness (QED) is 0.267. The summed E-state index contributed by atoms with van der Waals surface area (Å²) in [4.78, 5) is 6.75. The molecular weight excluding hydrogens is 414 g/mol. The van der Waals surface area contributed by atoms with Crippen LogP contribution in [0.15, 0.2) is 84.9 Å². The van der Waals surface area contributed by atoms with Crippen molar-refractivity contribution in [3.63, 3.8) is 0 Å². The third kappa shape index (κ3) is 4.61. The molecule has 0 aromatic heterocycles. The lowest BCUT2D eigenvalue weighted by Crippen LogP contribution is -2.22. The fourth-order valence-corrected chi connectivity index (χ4v) is 4.88. The topological polar surface area (TPSA) is 9.72 Å². The summed E-state index contributed by atoms with van der Waals surface area (Å²) in [6, 6.07) is 31.6. The summed E-state index contributed by atoms with van der Waals surface area (Å²) in [7, 11) is 8.36. The molecule has 0 fully saturated rings. The zero-order valence-corrected chi connectivity index (χ0v) is 21.4. The minimum atomic E-state index is 0.156. The van der Waals surface area contributed by atoms with E-state index >= 15 is 0 Å². The average molecular weight is 452 g/mol. The Kier molecular flexibility index (Phi) is 7.12. The van der Waals surface area contributed by atoms with Crippen molar-refractivity contribution in [2.24, 2.45) is 0 Å². The molecule has 0 heterocycles. The van der Waals surface area contributed by atoms with Gasteiger partial charge in [-0.3, -0.25) is 0 Å². The molecule has 0 aliphatic rings. The minimum Gasteiger partial charge on any atom is -0.378 e. The van der Waals surface area contributed by atoms with Crippen LogP contribution < -0.4 is 14.7 Å². The van der Waals surface area contributed by atoms with Crippen LogP contribution in [0, 0.1) is 0 Å². The van der Waals surface area contributed by atoms with Gasteiger partial charge in [0, 0.05) is 69.6 Å². The molecule has 0 saturated heterocycles. The largest absolute Gasteiger partial charge is 0.378 e. The Morgan fingerprint density at radius 1 is 0.559 bits per heavy atom. The van der Waals surface area contributed by atoms with E-state index in [2.05, 4.69) is 142 Å². The fourth-order valence-electron chi connectivity index (χ4n) is 4.88. The Labute approximate surface area is 205 Å². The van der Waals surface area contributed by atoms with Crippen LogP contribution in [-0.2, 0) is 0 Å². The highest BCUT2D eigenvalue weighted by Crippen LogP contribution is 2.40. The van der Waals surface area contributed by atoms with Crippen LogP contribution in [0.4, 0.5) is 17.1 Å². The Bertz CT molecular complexity index is 1170. The molecule has 0 spiro atoms. The second kappa shape index (κ2) is 10.2. The summed E-state index contributed by atoms with van der Waals surface area (Å²) in [6.45, 7) is 6.46. The van der Waals surface area contributed by atoms with Crippen LogP contribution in [0.1, 0.15) is 36.5 Å². The van der Waals surface area contributed by atoms with Crippen LogP contribution in [0.3, 0.4) is 0 Å². The first kappa shape index (κ1) is 23.7. The van der Waals surface area contributed by atoms with Crippen molar-refractivity contribution < 1.29 is 0 Å². The van der Waals surface area contributed by atoms with Crippen molar-refractivity contribution in [3.8, 4) is 0 Å². The maximum atomic E-state index is 2.44. The first-order valence-corrected chi connectivity index (χ1v) is 12.3. The molecule has 4 aromatic rings. The molecular formula is C31H37N3. The number of hydrogen-bond donors (Lipinski definition) is 0. The SMILES string of the molecule is CCN(CC)c1ccc(C(c2ccc(N(C)C)cc2)c2ccc(N(C)C)cc2)c2ccccc12. The summed E-state index contributed by atoms with van der Waals surface area (Å²) in [6.07, 6.45) is 0. The van der Waals surface area contributed by atoms with Gasteiger partial charge in [0.25, 0.3) is 0 Å². The maximum absolute atomic E-state index is 2.44. The van der Waals surface area contributed by atoms with E-state index in [1.807, 2.05) is 0 Å². The fraction of sp³-hybridized carbons (Fsp3) is 0.290. The summed E-state index contributed by atoms with van der Waals surface area (Å²) < 4.78 is 0. The Hall–Kier alpha value is -3.46. The van der Waals surface area contributed by atoms with Gasteiger partial charge in [-0.2, -0.15) is 0 Å². The molecule has 0 radical (unpaired) electrons. The van der Waals surface area contributed by atoms with E-state index < -0.39 is 0 Å². The van der Waals surface area contributed by atoms with E-state index in [0.717, 1.165) is 13.1 Å². The number of hydrogen-bond acceptors (Lipinski definition) is 3. The van der Waals surface area contributed by atoms with Gasteiger partial charge in [-0.15, -0.1) is 0 Å². The van der Waals surface area contributed by atoms with Crippen molar-refractivity contribution in [2.45, 2.75) is 19.8 Å². The van der Waals surface area contributed by atoms with Crippen molar-refractivity contribution in [2.75, 3.05) is 56.0 Å². The molecule has 3 nitrogen and oxygen atoms in total. The molecule has 0 amide bonds. The highest BCUT2D eigenvalue weighted by Gasteiger charge is 2.21. The zero-order valence-electron chi connectivity index (χ0n) is 21.4. The maximum Gasteiger partial charge on any atom is 0.0445 e. The second-order valence-electron chi connectivity index (χ2n) is 9.30. The predicted molar refractivity (Wildman–Crippen MR) is 150 cm³/mol. The van der Waals surface area contributed by atoms with Crippen LogP contribution in [0.25, 0.3) is 10.8 Å². The zero-order chi connectivity index (χ0) is 24.2. The number of rotatable bonds is 8. The number of benzene rings is 4. The lowest BCUT2D eigenvalue weighted by atomic mass is 9.82. The lowest BCUT2D eigenvalue weighted by molar-refractivity contribution is 0.869. The minimum absolute atomic E-state index is 0.156. The third-order valence-electron chi connectivity index (χ3n) is 6.84. The number of nitrogens with zero attached hydrogens (tertiary/aromatic N) is 3. The van der Waals surface area contributed by atoms with E-state index in [0.29, 0.717) is 0 Å². The highest BCUT2D eigenvalue weighted by molar-refractivity contribution is 5.97. The van der Waals surface area contributed by atoms with Crippen LogP contribution in [-0.4, -0.2) is 41.3 Å². The van der Waals surface area contributed by atoms with E-state index in [-0.39, 0.29) is 5.92 Å².